The number of rotatable bonds is 1. The lowest BCUT2D eigenvalue weighted by molar-refractivity contribution is 1.35. The molecule has 0 unspecified atom stereocenters. The number of hydrogen-bond acceptors (Lipinski definition) is 0. The van der Waals surface area contributed by atoms with Crippen LogP contribution in [-0.4, -0.2) is 0 Å². The molecule has 1 aromatic rings. The highest BCUT2D eigenvalue weighted by Gasteiger charge is 1.98. The van der Waals surface area contributed by atoms with Crippen molar-refractivity contribution in [1.29, 1.82) is 0 Å². The van der Waals surface area contributed by atoms with Crippen LogP contribution in [0, 0.1) is 13.8 Å². The average molecular weight is 220 g/mol. The molecule has 0 nitrogen and oxygen atoms in total. The summed E-state index contributed by atoms with van der Waals surface area (Å²) < 4.78 is 0. The summed E-state index contributed by atoms with van der Waals surface area (Å²) in [7, 11) is 0. The lowest BCUT2D eigenvalue weighted by Crippen LogP contribution is -1.86. The van der Waals surface area contributed by atoms with Gasteiger partial charge in [0.1, 0.15) is 0 Å². The van der Waals surface area contributed by atoms with Gasteiger partial charge in [-0.25, -0.2) is 0 Å². The molecule has 0 saturated carbocycles. The molecule has 0 aliphatic heterocycles. The molecule has 0 aliphatic carbocycles. The van der Waals surface area contributed by atoms with Gasteiger partial charge in [0.15, 0.2) is 0 Å². The Morgan fingerprint density at radius 1 is 1.00 bits per heavy atom. The van der Waals surface area contributed by atoms with E-state index in [9.17, 15) is 0 Å². The van der Waals surface area contributed by atoms with Crippen molar-refractivity contribution >= 4 is 5.57 Å². The van der Waals surface area contributed by atoms with Crippen LogP contribution in [0.3, 0.4) is 0 Å². The Morgan fingerprint density at radius 3 is 1.94 bits per heavy atom. The molecule has 0 aromatic heterocycles. The van der Waals surface area contributed by atoms with Crippen molar-refractivity contribution in [2.24, 2.45) is 0 Å². The Bertz CT molecular complexity index is 306. The van der Waals surface area contributed by atoms with Crippen molar-refractivity contribution in [2.75, 3.05) is 0 Å². The van der Waals surface area contributed by atoms with E-state index in [-0.39, 0.29) is 0 Å². The van der Waals surface area contributed by atoms with E-state index in [1.807, 2.05) is 27.7 Å². The Morgan fingerprint density at radius 2 is 1.50 bits per heavy atom. The zero-order valence-corrected chi connectivity index (χ0v) is 12.3. The predicted octanol–water partition coefficient (Wildman–Crippen LogP) is 5.78. The van der Waals surface area contributed by atoms with Crippen LogP contribution < -0.4 is 0 Å². The van der Waals surface area contributed by atoms with E-state index in [4.69, 9.17) is 0 Å². The molecular weight excluding hydrogens is 192 g/mol. The molecule has 0 radical (unpaired) electrons. The molecule has 0 fully saturated rings. The third-order valence-corrected chi connectivity index (χ3v) is 2.25. The van der Waals surface area contributed by atoms with Crippen molar-refractivity contribution in [1.82, 2.24) is 0 Å². The van der Waals surface area contributed by atoms with Crippen molar-refractivity contribution in [2.45, 2.75) is 55.4 Å². The van der Waals surface area contributed by atoms with Crippen LogP contribution in [-0.2, 0) is 0 Å². The zero-order valence-electron chi connectivity index (χ0n) is 12.3. The Hall–Kier alpha value is -1.04. The minimum absolute atomic E-state index is 1.33. The van der Waals surface area contributed by atoms with E-state index in [1.54, 1.807) is 0 Å². The van der Waals surface area contributed by atoms with Gasteiger partial charge in [-0.2, -0.15) is 0 Å². The van der Waals surface area contributed by atoms with Crippen LogP contribution in [0.25, 0.3) is 5.57 Å². The first-order valence-electron chi connectivity index (χ1n) is 6.35. The molecule has 92 valence electrons. The van der Waals surface area contributed by atoms with Gasteiger partial charge in [-0.05, 0) is 44.4 Å². The van der Waals surface area contributed by atoms with Crippen LogP contribution in [0.15, 0.2) is 24.3 Å². The van der Waals surface area contributed by atoms with Crippen LogP contribution in [0.2, 0.25) is 0 Å². The zero-order chi connectivity index (χ0) is 13.1. The van der Waals surface area contributed by atoms with Crippen molar-refractivity contribution in [3.8, 4) is 0 Å². The Kier molecular flexibility index (Phi) is 11.4. The summed E-state index contributed by atoms with van der Waals surface area (Å²) in [6, 6.07) is 6.57. The third-order valence-electron chi connectivity index (χ3n) is 2.25. The van der Waals surface area contributed by atoms with Crippen LogP contribution in [0.5, 0.6) is 0 Å². The molecule has 0 amide bonds. The minimum Gasteiger partial charge on any atom is -0.0841 e. The number of allylic oxidation sites excluding steroid dienone is 2. The highest BCUT2D eigenvalue weighted by Crippen LogP contribution is 2.19. The molecule has 16 heavy (non-hydrogen) atoms. The van der Waals surface area contributed by atoms with E-state index in [1.165, 1.54) is 22.3 Å². The van der Waals surface area contributed by atoms with Gasteiger partial charge in [-0.3, -0.25) is 0 Å². The molecule has 1 rings (SSSR count). The maximum absolute atomic E-state index is 2.24. The first-order chi connectivity index (χ1) is 7.65. The van der Waals surface area contributed by atoms with E-state index in [0.29, 0.717) is 0 Å². The molecule has 1 aromatic carbocycles. The minimum atomic E-state index is 1.33. The van der Waals surface area contributed by atoms with E-state index >= 15 is 0 Å². The summed E-state index contributed by atoms with van der Waals surface area (Å²) in [6.07, 6.45) is 2.15. The molecule has 0 N–H and O–H groups in total. The fourth-order valence-corrected chi connectivity index (χ4v) is 1.32. The summed E-state index contributed by atoms with van der Waals surface area (Å²) in [5.41, 5.74) is 5.42. The van der Waals surface area contributed by atoms with Gasteiger partial charge in [-0.1, -0.05) is 57.5 Å². The summed E-state index contributed by atoms with van der Waals surface area (Å²) in [5.74, 6) is 0. The fraction of sp³-hybridized carbons (Fsp3) is 0.500. The maximum Gasteiger partial charge on any atom is -0.0199 e. The lowest BCUT2D eigenvalue weighted by Gasteiger charge is -2.06. The third kappa shape index (κ3) is 5.75. The largest absolute Gasteiger partial charge is 0.0841 e. The fourth-order valence-electron chi connectivity index (χ4n) is 1.32. The van der Waals surface area contributed by atoms with Crippen LogP contribution in [0.4, 0.5) is 0 Å². The predicted molar refractivity (Wildman–Crippen MR) is 77.9 cm³/mol. The molecule has 0 atom stereocenters. The van der Waals surface area contributed by atoms with Crippen molar-refractivity contribution in [3.63, 3.8) is 0 Å². The smallest absolute Gasteiger partial charge is 0.0199 e. The monoisotopic (exact) mass is 220 g/mol. The second-order valence-corrected chi connectivity index (χ2v) is 3.29. The molecule has 0 bridgehead atoms. The van der Waals surface area contributed by atoms with Gasteiger partial charge in [0.05, 0.1) is 0 Å². The first kappa shape index (κ1) is 17.4. The SMILES string of the molecule is C/C=C(/C)c1cc(C)ccc1C.CC.CC. The topological polar surface area (TPSA) is 0 Å². The van der Waals surface area contributed by atoms with E-state index < -0.39 is 0 Å². The molecule has 0 aliphatic rings. The summed E-state index contributed by atoms with van der Waals surface area (Å²) in [5, 5.41) is 0. The molecule has 0 heteroatoms. The second kappa shape index (κ2) is 10.5. The first-order valence-corrected chi connectivity index (χ1v) is 6.35. The normalized spacial score (nSPS) is 9.62. The number of benzene rings is 1. The van der Waals surface area contributed by atoms with Crippen molar-refractivity contribution < 1.29 is 0 Å². The van der Waals surface area contributed by atoms with Crippen LogP contribution >= 0.6 is 0 Å². The molecular formula is C16H28. The van der Waals surface area contributed by atoms with Crippen molar-refractivity contribution in [3.05, 3.63) is 41.0 Å². The quantitative estimate of drug-likeness (QED) is 0.563. The highest BCUT2D eigenvalue weighted by molar-refractivity contribution is 5.66. The summed E-state index contributed by atoms with van der Waals surface area (Å²) in [6.45, 7) is 16.5. The van der Waals surface area contributed by atoms with Gasteiger partial charge >= 0.3 is 0 Å². The molecule has 0 heterocycles. The van der Waals surface area contributed by atoms with Gasteiger partial charge in [0.25, 0.3) is 0 Å². The van der Waals surface area contributed by atoms with Crippen LogP contribution in [0.1, 0.15) is 58.2 Å². The molecule has 0 spiro atoms. The van der Waals surface area contributed by atoms with Gasteiger partial charge in [0, 0.05) is 0 Å². The average Bonchev–Trinajstić information content (AvgIpc) is 2.36. The van der Waals surface area contributed by atoms with Gasteiger partial charge < -0.3 is 0 Å². The second-order valence-electron chi connectivity index (χ2n) is 3.29. The number of hydrogen-bond donors (Lipinski definition) is 0. The number of aryl methyl sites for hydroxylation is 2. The summed E-state index contributed by atoms with van der Waals surface area (Å²) >= 11 is 0. The lowest BCUT2D eigenvalue weighted by atomic mass is 9.99. The molecule has 0 saturated heterocycles. The Balaban J connectivity index is 0. The Labute approximate surface area is 102 Å². The van der Waals surface area contributed by atoms with Gasteiger partial charge in [-0.15, -0.1) is 0 Å². The standard InChI is InChI=1S/C12H16.2C2H6/c1-5-10(3)12-8-9(2)6-7-11(12)4;2*1-2/h5-8H,1-4H3;2*1-2H3/b10-5-;;. The highest BCUT2D eigenvalue weighted by atomic mass is 14.0. The maximum atomic E-state index is 2.24. The van der Waals surface area contributed by atoms with E-state index in [2.05, 4.69) is 52.0 Å². The van der Waals surface area contributed by atoms with Gasteiger partial charge in [0.2, 0.25) is 0 Å². The van der Waals surface area contributed by atoms with E-state index in [0.717, 1.165) is 0 Å². The summed E-state index contributed by atoms with van der Waals surface area (Å²) in [4.78, 5) is 0.